The van der Waals surface area contributed by atoms with Crippen LogP contribution in [0.4, 0.5) is 11.4 Å². The second-order valence-corrected chi connectivity index (χ2v) is 8.04. The van der Waals surface area contributed by atoms with E-state index < -0.39 is 15.9 Å². The number of anilines is 2. The Bertz CT molecular complexity index is 1180. The van der Waals surface area contributed by atoms with Crippen molar-refractivity contribution in [3.8, 4) is 17.2 Å². The Morgan fingerprint density at radius 1 is 0.774 bits per heavy atom. The molecule has 1 amide bonds. The van der Waals surface area contributed by atoms with Crippen LogP contribution in [0.15, 0.2) is 71.6 Å². The maximum Gasteiger partial charge on any atom is 0.265 e. The van der Waals surface area contributed by atoms with Gasteiger partial charge in [0.15, 0.2) is 0 Å². The number of carbonyl (C=O) groups excluding carboxylic acids is 1. The van der Waals surface area contributed by atoms with E-state index in [0.29, 0.717) is 28.4 Å². The van der Waals surface area contributed by atoms with Crippen LogP contribution >= 0.6 is 0 Å². The van der Waals surface area contributed by atoms with Gasteiger partial charge in [-0.2, -0.15) is 0 Å². The highest BCUT2D eigenvalue weighted by Gasteiger charge is 2.21. The standard InChI is InChI=1S/C22H22N2O6S/c1-28-18-10-7-16(8-11-18)24-31(26,27)21-14-17(9-12-20(21)30-3)23-22(25)15-5-4-6-19(13-15)29-2/h4-14,24H,1-3H3,(H,23,25). The smallest absolute Gasteiger partial charge is 0.265 e. The maximum atomic E-state index is 13.0. The Morgan fingerprint density at radius 2 is 1.45 bits per heavy atom. The molecule has 0 atom stereocenters. The van der Waals surface area contributed by atoms with Gasteiger partial charge in [-0.05, 0) is 60.7 Å². The van der Waals surface area contributed by atoms with Crippen LogP contribution in [-0.4, -0.2) is 35.7 Å². The molecule has 0 heterocycles. The lowest BCUT2D eigenvalue weighted by Gasteiger charge is -2.14. The molecule has 0 bridgehead atoms. The quantitative estimate of drug-likeness (QED) is 0.551. The highest BCUT2D eigenvalue weighted by molar-refractivity contribution is 7.92. The number of hydrogen-bond acceptors (Lipinski definition) is 6. The molecule has 0 saturated heterocycles. The summed E-state index contributed by atoms with van der Waals surface area (Å²) in [6, 6.07) is 17.4. The number of carbonyl (C=O) groups is 1. The second kappa shape index (κ2) is 9.40. The third kappa shape index (κ3) is 5.26. The van der Waals surface area contributed by atoms with Crippen LogP contribution in [0, 0.1) is 0 Å². The van der Waals surface area contributed by atoms with Crippen LogP contribution in [0.2, 0.25) is 0 Å². The van der Waals surface area contributed by atoms with E-state index in [1.807, 2.05) is 0 Å². The number of amides is 1. The first-order valence-electron chi connectivity index (χ1n) is 9.16. The van der Waals surface area contributed by atoms with E-state index in [1.54, 1.807) is 54.6 Å². The van der Waals surface area contributed by atoms with Crippen molar-refractivity contribution in [2.75, 3.05) is 31.4 Å². The molecule has 3 aromatic carbocycles. The van der Waals surface area contributed by atoms with Crippen molar-refractivity contribution in [1.29, 1.82) is 0 Å². The van der Waals surface area contributed by atoms with Gasteiger partial charge in [-0.3, -0.25) is 9.52 Å². The molecule has 3 aromatic rings. The molecule has 3 rings (SSSR count). The summed E-state index contributed by atoms with van der Waals surface area (Å²) >= 11 is 0. The number of methoxy groups -OCH3 is 3. The van der Waals surface area contributed by atoms with E-state index in [0.717, 1.165) is 0 Å². The number of sulfonamides is 1. The van der Waals surface area contributed by atoms with Crippen LogP contribution in [0.3, 0.4) is 0 Å². The van der Waals surface area contributed by atoms with E-state index in [9.17, 15) is 13.2 Å². The van der Waals surface area contributed by atoms with Crippen molar-refractivity contribution in [3.63, 3.8) is 0 Å². The van der Waals surface area contributed by atoms with Crippen LogP contribution in [0.5, 0.6) is 17.2 Å². The first kappa shape index (κ1) is 22.0. The molecular formula is C22H22N2O6S. The largest absolute Gasteiger partial charge is 0.497 e. The maximum absolute atomic E-state index is 13.0. The number of rotatable bonds is 8. The molecule has 0 aromatic heterocycles. The van der Waals surface area contributed by atoms with Gasteiger partial charge in [0.05, 0.1) is 21.3 Å². The highest BCUT2D eigenvalue weighted by atomic mass is 32.2. The minimum absolute atomic E-state index is 0.116. The number of nitrogens with one attached hydrogen (secondary N) is 2. The molecule has 0 saturated carbocycles. The van der Waals surface area contributed by atoms with Gasteiger partial charge in [0, 0.05) is 16.9 Å². The lowest BCUT2D eigenvalue weighted by molar-refractivity contribution is 0.102. The summed E-state index contributed by atoms with van der Waals surface area (Å²) < 4.78 is 43.9. The van der Waals surface area contributed by atoms with Gasteiger partial charge in [0.2, 0.25) is 0 Å². The fourth-order valence-corrected chi connectivity index (χ4v) is 4.06. The Kier molecular flexibility index (Phi) is 6.66. The van der Waals surface area contributed by atoms with Crippen molar-refractivity contribution < 1.29 is 27.4 Å². The molecular weight excluding hydrogens is 420 g/mol. The molecule has 0 aliphatic heterocycles. The van der Waals surface area contributed by atoms with Gasteiger partial charge in [0.1, 0.15) is 22.1 Å². The van der Waals surface area contributed by atoms with Crippen molar-refractivity contribution in [2.45, 2.75) is 4.90 Å². The van der Waals surface area contributed by atoms with Crippen LogP contribution in [0.1, 0.15) is 10.4 Å². The van der Waals surface area contributed by atoms with Gasteiger partial charge in [0.25, 0.3) is 15.9 Å². The highest BCUT2D eigenvalue weighted by Crippen LogP contribution is 2.29. The number of ether oxygens (including phenoxy) is 3. The van der Waals surface area contributed by atoms with Crippen molar-refractivity contribution in [3.05, 3.63) is 72.3 Å². The van der Waals surface area contributed by atoms with Crippen molar-refractivity contribution in [2.24, 2.45) is 0 Å². The lowest BCUT2D eigenvalue weighted by atomic mass is 10.2. The SMILES string of the molecule is COc1ccc(NS(=O)(=O)c2cc(NC(=O)c3cccc(OC)c3)ccc2OC)cc1. The molecule has 0 spiro atoms. The zero-order valence-electron chi connectivity index (χ0n) is 17.2. The Morgan fingerprint density at radius 3 is 2.10 bits per heavy atom. The van der Waals surface area contributed by atoms with E-state index in [4.69, 9.17) is 14.2 Å². The molecule has 0 fully saturated rings. The van der Waals surface area contributed by atoms with Crippen LogP contribution < -0.4 is 24.2 Å². The molecule has 9 heteroatoms. The Balaban J connectivity index is 1.87. The minimum atomic E-state index is -4.00. The minimum Gasteiger partial charge on any atom is -0.497 e. The predicted molar refractivity (Wildman–Crippen MR) is 118 cm³/mol. The third-order valence-corrected chi connectivity index (χ3v) is 5.79. The molecule has 8 nitrogen and oxygen atoms in total. The molecule has 2 N–H and O–H groups in total. The summed E-state index contributed by atoms with van der Waals surface area (Å²) in [6.07, 6.45) is 0. The summed E-state index contributed by atoms with van der Waals surface area (Å²) in [5, 5.41) is 2.69. The van der Waals surface area contributed by atoms with Gasteiger partial charge in [-0.15, -0.1) is 0 Å². The van der Waals surface area contributed by atoms with Gasteiger partial charge in [-0.25, -0.2) is 8.42 Å². The normalized spacial score (nSPS) is 10.8. The number of hydrogen-bond donors (Lipinski definition) is 2. The molecule has 0 unspecified atom stereocenters. The molecule has 0 aliphatic rings. The summed E-state index contributed by atoms with van der Waals surface area (Å²) in [4.78, 5) is 12.5. The second-order valence-electron chi connectivity index (χ2n) is 6.39. The number of benzene rings is 3. The van der Waals surface area contributed by atoms with Crippen LogP contribution in [-0.2, 0) is 10.0 Å². The summed E-state index contributed by atoms with van der Waals surface area (Å²) in [6.45, 7) is 0. The fourth-order valence-electron chi connectivity index (χ4n) is 2.80. The average Bonchev–Trinajstić information content (AvgIpc) is 2.79. The molecule has 0 aliphatic carbocycles. The zero-order chi connectivity index (χ0) is 22.4. The Labute approximate surface area is 180 Å². The van der Waals surface area contributed by atoms with E-state index in [2.05, 4.69) is 10.0 Å². The van der Waals surface area contributed by atoms with Gasteiger partial charge < -0.3 is 19.5 Å². The van der Waals surface area contributed by atoms with Gasteiger partial charge in [-0.1, -0.05) is 6.07 Å². The molecule has 31 heavy (non-hydrogen) atoms. The first-order chi connectivity index (χ1) is 14.9. The fraction of sp³-hybridized carbons (Fsp3) is 0.136. The monoisotopic (exact) mass is 442 g/mol. The third-order valence-electron chi connectivity index (χ3n) is 4.39. The van der Waals surface area contributed by atoms with E-state index in [-0.39, 0.29) is 10.6 Å². The predicted octanol–water partition coefficient (Wildman–Crippen LogP) is 3.77. The molecule has 0 radical (unpaired) electrons. The van der Waals surface area contributed by atoms with Crippen LogP contribution in [0.25, 0.3) is 0 Å². The topological polar surface area (TPSA) is 103 Å². The summed E-state index contributed by atoms with van der Waals surface area (Å²) in [5.41, 5.74) is 1.02. The van der Waals surface area contributed by atoms with Gasteiger partial charge >= 0.3 is 0 Å². The summed E-state index contributed by atoms with van der Waals surface area (Å²) in [7, 11) is 0.405. The summed E-state index contributed by atoms with van der Waals surface area (Å²) in [5.74, 6) is 0.869. The van der Waals surface area contributed by atoms with E-state index in [1.165, 1.54) is 33.5 Å². The lowest BCUT2D eigenvalue weighted by Crippen LogP contribution is -2.16. The van der Waals surface area contributed by atoms with Crippen molar-refractivity contribution >= 4 is 27.3 Å². The Hall–Kier alpha value is -3.72. The molecule has 162 valence electrons. The van der Waals surface area contributed by atoms with E-state index >= 15 is 0 Å². The first-order valence-corrected chi connectivity index (χ1v) is 10.6. The van der Waals surface area contributed by atoms with Crippen molar-refractivity contribution in [1.82, 2.24) is 0 Å². The average molecular weight is 442 g/mol. The zero-order valence-corrected chi connectivity index (χ0v) is 18.0.